The number of carbonyl (C=O) groups is 3. The van der Waals surface area contributed by atoms with E-state index in [0.717, 1.165) is 17.0 Å². The molecule has 2 fully saturated rings. The van der Waals surface area contributed by atoms with Crippen molar-refractivity contribution >= 4 is 17.8 Å². The van der Waals surface area contributed by atoms with Crippen LogP contribution in [-0.4, -0.2) is 40.4 Å². The zero-order valence-corrected chi connectivity index (χ0v) is 16.4. The van der Waals surface area contributed by atoms with Gasteiger partial charge in [-0.1, -0.05) is 30.3 Å². The Hall–Kier alpha value is -3.13. The van der Waals surface area contributed by atoms with Crippen LogP contribution in [0.4, 0.5) is 0 Å². The van der Waals surface area contributed by atoms with Crippen LogP contribution in [0.25, 0.3) is 0 Å². The van der Waals surface area contributed by atoms with E-state index in [-0.39, 0.29) is 6.42 Å². The smallest absolute Gasteiger partial charge is 0.327 e. The molecule has 0 radical (unpaired) electrons. The first-order valence-electron chi connectivity index (χ1n) is 9.42. The number of fused-ring (bicyclic) bond motifs is 1. The van der Waals surface area contributed by atoms with Crippen LogP contribution in [0.5, 0.6) is 0 Å². The standard InChI is InChI=1S/C21H22N4O4/c1-11-9-12(2)23-17(22-11)16-14-15(19(27)24-18(14)26)21(25-16,20(28)29-3)10-13-7-5-4-6-8-13/h4-9,14-16,25H,10H2,1-3H3,(H,24,26,27)/t14-,15-,16+,21-/m0/s1. The Kier molecular flexibility index (Phi) is 4.66. The van der Waals surface area contributed by atoms with E-state index in [1.165, 1.54) is 7.11 Å². The fourth-order valence-electron chi connectivity index (χ4n) is 4.56. The minimum atomic E-state index is -1.40. The molecule has 2 aliphatic heterocycles. The molecule has 4 rings (SSSR count). The molecular weight excluding hydrogens is 372 g/mol. The van der Waals surface area contributed by atoms with Gasteiger partial charge in [0.05, 0.1) is 25.0 Å². The minimum Gasteiger partial charge on any atom is -0.468 e. The molecule has 4 atom stereocenters. The Balaban J connectivity index is 1.85. The van der Waals surface area contributed by atoms with Crippen molar-refractivity contribution in [1.29, 1.82) is 0 Å². The van der Waals surface area contributed by atoms with E-state index in [9.17, 15) is 14.4 Å². The molecule has 8 heteroatoms. The monoisotopic (exact) mass is 394 g/mol. The SMILES string of the molecule is COC(=O)[C@@]1(Cc2ccccc2)N[C@@H](c2nc(C)cc(C)n2)[C@H]2C(=O)NC(=O)[C@H]21. The predicted octanol–water partition coefficient (Wildman–Crippen LogP) is 0.781. The number of ether oxygens (including phenoxy) is 1. The van der Waals surface area contributed by atoms with Crippen LogP contribution >= 0.6 is 0 Å². The Labute approximate surface area is 168 Å². The first kappa shape index (κ1) is 19.2. The van der Waals surface area contributed by atoms with E-state index in [0.29, 0.717) is 5.82 Å². The molecule has 2 aromatic rings. The van der Waals surface area contributed by atoms with Crippen molar-refractivity contribution in [3.63, 3.8) is 0 Å². The quantitative estimate of drug-likeness (QED) is 0.582. The number of nitrogens with zero attached hydrogens (tertiary/aromatic N) is 2. The summed E-state index contributed by atoms with van der Waals surface area (Å²) >= 11 is 0. The minimum absolute atomic E-state index is 0.198. The molecule has 2 N–H and O–H groups in total. The molecule has 0 unspecified atom stereocenters. The number of aryl methyl sites for hydroxylation is 2. The van der Waals surface area contributed by atoms with Crippen molar-refractivity contribution in [2.75, 3.05) is 7.11 Å². The number of benzene rings is 1. The van der Waals surface area contributed by atoms with Gasteiger partial charge in [-0.15, -0.1) is 0 Å². The molecule has 1 aromatic heterocycles. The lowest BCUT2D eigenvalue weighted by Gasteiger charge is -2.31. The predicted molar refractivity (Wildman–Crippen MR) is 102 cm³/mol. The van der Waals surface area contributed by atoms with Crippen LogP contribution in [0.2, 0.25) is 0 Å². The summed E-state index contributed by atoms with van der Waals surface area (Å²) in [5.74, 6) is -2.84. The number of imide groups is 1. The summed E-state index contributed by atoms with van der Waals surface area (Å²) in [6.45, 7) is 3.67. The molecule has 2 saturated heterocycles. The molecule has 0 bridgehead atoms. The van der Waals surface area contributed by atoms with Crippen LogP contribution in [0, 0.1) is 25.7 Å². The second kappa shape index (κ2) is 7.04. The third kappa shape index (κ3) is 3.09. The van der Waals surface area contributed by atoms with Crippen molar-refractivity contribution in [3.05, 3.63) is 59.2 Å². The van der Waals surface area contributed by atoms with Crippen molar-refractivity contribution in [2.45, 2.75) is 31.8 Å². The van der Waals surface area contributed by atoms with Crippen LogP contribution < -0.4 is 10.6 Å². The average Bonchev–Trinajstić information content (AvgIpc) is 3.18. The van der Waals surface area contributed by atoms with Gasteiger partial charge in [-0.3, -0.25) is 25.0 Å². The van der Waals surface area contributed by atoms with Gasteiger partial charge in [0.2, 0.25) is 11.8 Å². The van der Waals surface area contributed by atoms with E-state index in [2.05, 4.69) is 20.6 Å². The maximum absolute atomic E-state index is 13.0. The highest BCUT2D eigenvalue weighted by Crippen LogP contribution is 2.47. The third-order valence-electron chi connectivity index (χ3n) is 5.65. The fraction of sp³-hybridized carbons (Fsp3) is 0.381. The largest absolute Gasteiger partial charge is 0.468 e. The molecule has 0 spiro atoms. The molecule has 29 heavy (non-hydrogen) atoms. The number of esters is 1. The highest BCUT2D eigenvalue weighted by atomic mass is 16.5. The first-order valence-corrected chi connectivity index (χ1v) is 9.42. The Morgan fingerprint density at radius 3 is 2.38 bits per heavy atom. The second-order valence-electron chi connectivity index (χ2n) is 7.61. The zero-order chi connectivity index (χ0) is 20.8. The second-order valence-corrected chi connectivity index (χ2v) is 7.61. The number of hydrogen-bond acceptors (Lipinski definition) is 7. The Bertz CT molecular complexity index is 973. The van der Waals surface area contributed by atoms with Gasteiger partial charge in [0.15, 0.2) is 0 Å². The summed E-state index contributed by atoms with van der Waals surface area (Å²) in [5, 5.41) is 5.64. The number of carbonyl (C=O) groups excluding carboxylic acids is 3. The summed E-state index contributed by atoms with van der Waals surface area (Å²) in [5.41, 5.74) is 0.935. The molecule has 3 heterocycles. The summed E-state index contributed by atoms with van der Waals surface area (Å²) < 4.78 is 5.10. The number of methoxy groups -OCH3 is 1. The van der Waals surface area contributed by atoms with E-state index in [1.807, 2.05) is 50.2 Å². The summed E-state index contributed by atoms with van der Waals surface area (Å²) in [4.78, 5) is 47.5. The lowest BCUT2D eigenvalue weighted by atomic mass is 9.76. The lowest BCUT2D eigenvalue weighted by Crippen LogP contribution is -2.57. The van der Waals surface area contributed by atoms with Crippen LogP contribution in [0.3, 0.4) is 0 Å². The molecule has 0 saturated carbocycles. The maximum Gasteiger partial charge on any atom is 0.327 e. The highest BCUT2D eigenvalue weighted by Gasteiger charge is 2.67. The van der Waals surface area contributed by atoms with Gasteiger partial charge in [0.25, 0.3) is 0 Å². The van der Waals surface area contributed by atoms with Crippen molar-refractivity contribution in [3.8, 4) is 0 Å². The van der Waals surface area contributed by atoms with Crippen LogP contribution in [0.1, 0.15) is 28.8 Å². The van der Waals surface area contributed by atoms with E-state index < -0.39 is 41.2 Å². The highest BCUT2D eigenvalue weighted by molar-refractivity contribution is 6.09. The third-order valence-corrected chi connectivity index (χ3v) is 5.65. The lowest BCUT2D eigenvalue weighted by molar-refractivity contribution is -0.152. The fourth-order valence-corrected chi connectivity index (χ4v) is 4.56. The molecule has 2 aliphatic rings. The van der Waals surface area contributed by atoms with E-state index >= 15 is 0 Å². The molecule has 8 nitrogen and oxygen atoms in total. The molecular formula is C21H22N4O4. The molecule has 0 aliphatic carbocycles. The number of aromatic nitrogens is 2. The van der Waals surface area contributed by atoms with Gasteiger partial charge in [-0.2, -0.15) is 0 Å². The van der Waals surface area contributed by atoms with Gasteiger partial charge >= 0.3 is 5.97 Å². The van der Waals surface area contributed by atoms with Gasteiger partial charge in [-0.05, 0) is 25.5 Å². The average molecular weight is 394 g/mol. The number of hydrogen-bond donors (Lipinski definition) is 2. The van der Waals surface area contributed by atoms with Crippen LogP contribution in [-0.2, 0) is 25.5 Å². The van der Waals surface area contributed by atoms with Crippen molar-refractivity contribution < 1.29 is 19.1 Å². The maximum atomic E-state index is 13.0. The van der Waals surface area contributed by atoms with Crippen LogP contribution in [0.15, 0.2) is 36.4 Å². The molecule has 1 aromatic carbocycles. The van der Waals surface area contributed by atoms with Gasteiger partial charge in [0.1, 0.15) is 11.4 Å². The van der Waals surface area contributed by atoms with Gasteiger partial charge in [-0.25, -0.2) is 9.97 Å². The topological polar surface area (TPSA) is 110 Å². The summed E-state index contributed by atoms with van der Waals surface area (Å²) in [6.07, 6.45) is 0.198. The molecule has 150 valence electrons. The van der Waals surface area contributed by atoms with Gasteiger partial charge in [0, 0.05) is 17.8 Å². The first-order chi connectivity index (χ1) is 13.9. The zero-order valence-electron chi connectivity index (χ0n) is 16.4. The number of nitrogens with one attached hydrogen (secondary N) is 2. The van der Waals surface area contributed by atoms with E-state index in [1.54, 1.807) is 0 Å². The van der Waals surface area contributed by atoms with Crippen molar-refractivity contribution in [1.82, 2.24) is 20.6 Å². The van der Waals surface area contributed by atoms with E-state index in [4.69, 9.17) is 4.74 Å². The van der Waals surface area contributed by atoms with Crippen molar-refractivity contribution in [2.24, 2.45) is 11.8 Å². The normalized spacial score (nSPS) is 28.2. The number of amides is 2. The number of rotatable bonds is 4. The summed E-state index contributed by atoms with van der Waals surface area (Å²) in [6, 6.07) is 10.5. The Morgan fingerprint density at radius 2 is 1.76 bits per heavy atom. The molecule has 2 amide bonds. The summed E-state index contributed by atoms with van der Waals surface area (Å²) in [7, 11) is 1.28. The van der Waals surface area contributed by atoms with Gasteiger partial charge < -0.3 is 4.74 Å². The Morgan fingerprint density at radius 1 is 1.10 bits per heavy atom.